The highest BCUT2D eigenvalue weighted by molar-refractivity contribution is 6.42. The number of fused-ring (bicyclic) bond motifs is 1. The molecule has 2 rings (SSSR count). The standard InChI is InChI=1S/C13H15Cl2NO2.ClH/c1-2-18-13(17)8-3-7-4-10(14)11(15)6-9(7)12(16)5-8;/h4,6,8,12H,2-3,5,16H2,1H3;1H/t8-,12+;/m0./s1. The summed E-state index contributed by atoms with van der Waals surface area (Å²) >= 11 is 12.0. The highest BCUT2D eigenvalue weighted by Crippen LogP contribution is 2.36. The van der Waals surface area contributed by atoms with Gasteiger partial charge in [-0.2, -0.15) is 0 Å². The van der Waals surface area contributed by atoms with Crippen LogP contribution in [-0.2, 0) is 16.0 Å². The largest absolute Gasteiger partial charge is 0.466 e. The molecule has 2 N–H and O–H groups in total. The third-order valence-electron chi connectivity index (χ3n) is 3.21. The molecule has 0 aromatic heterocycles. The summed E-state index contributed by atoms with van der Waals surface area (Å²) in [5.41, 5.74) is 8.04. The minimum absolute atomic E-state index is 0. The zero-order chi connectivity index (χ0) is 13.3. The molecular formula is C13H16Cl3NO2. The van der Waals surface area contributed by atoms with Gasteiger partial charge in [0.15, 0.2) is 0 Å². The Hall–Kier alpha value is -0.480. The van der Waals surface area contributed by atoms with Crippen LogP contribution in [0.25, 0.3) is 0 Å². The first-order valence-corrected chi connectivity index (χ1v) is 6.68. The van der Waals surface area contributed by atoms with E-state index in [0.717, 1.165) is 11.1 Å². The molecule has 106 valence electrons. The number of hydrogen-bond acceptors (Lipinski definition) is 3. The summed E-state index contributed by atoms with van der Waals surface area (Å²) in [5, 5.41) is 0.993. The van der Waals surface area contributed by atoms with E-state index in [4.69, 9.17) is 33.7 Å². The van der Waals surface area contributed by atoms with Gasteiger partial charge in [-0.05, 0) is 43.0 Å². The van der Waals surface area contributed by atoms with Gasteiger partial charge in [-0.3, -0.25) is 4.79 Å². The van der Waals surface area contributed by atoms with E-state index in [1.807, 2.05) is 0 Å². The zero-order valence-corrected chi connectivity index (χ0v) is 12.8. The average molecular weight is 325 g/mol. The topological polar surface area (TPSA) is 52.3 Å². The van der Waals surface area contributed by atoms with Crippen LogP contribution >= 0.6 is 35.6 Å². The Labute approximate surface area is 128 Å². The fourth-order valence-electron chi connectivity index (χ4n) is 2.35. The number of carbonyl (C=O) groups excluding carboxylic acids is 1. The Kier molecular flexibility index (Phi) is 5.93. The fraction of sp³-hybridized carbons (Fsp3) is 0.462. The second kappa shape index (κ2) is 6.80. The smallest absolute Gasteiger partial charge is 0.309 e. The molecule has 0 amide bonds. The number of halogens is 3. The van der Waals surface area contributed by atoms with Crippen molar-refractivity contribution in [3.8, 4) is 0 Å². The third-order valence-corrected chi connectivity index (χ3v) is 3.93. The van der Waals surface area contributed by atoms with Crippen molar-refractivity contribution in [1.82, 2.24) is 0 Å². The van der Waals surface area contributed by atoms with Crippen LogP contribution in [0.1, 0.15) is 30.5 Å². The maximum Gasteiger partial charge on any atom is 0.309 e. The first-order valence-electron chi connectivity index (χ1n) is 5.93. The van der Waals surface area contributed by atoms with Crippen LogP contribution in [0.2, 0.25) is 10.0 Å². The first kappa shape index (κ1) is 16.6. The third kappa shape index (κ3) is 3.54. The first-order chi connectivity index (χ1) is 8.52. The Morgan fingerprint density at radius 3 is 2.68 bits per heavy atom. The maximum atomic E-state index is 11.8. The second-order valence-corrected chi connectivity index (χ2v) is 5.27. The molecule has 3 nitrogen and oxygen atoms in total. The van der Waals surface area contributed by atoms with Gasteiger partial charge in [0.05, 0.1) is 22.6 Å². The van der Waals surface area contributed by atoms with Crippen molar-refractivity contribution in [1.29, 1.82) is 0 Å². The lowest BCUT2D eigenvalue weighted by atomic mass is 9.81. The van der Waals surface area contributed by atoms with Crippen molar-refractivity contribution >= 4 is 41.6 Å². The quantitative estimate of drug-likeness (QED) is 0.847. The van der Waals surface area contributed by atoms with Crippen LogP contribution in [0.15, 0.2) is 12.1 Å². The molecule has 0 aliphatic heterocycles. The highest BCUT2D eigenvalue weighted by atomic mass is 35.5. The van der Waals surface area contributed by atoms with Gasteiger partial charge in [0.25, 0.3) is 0 Å². The van der Waals surface area contributed by atoms with Gasteiger partial charge in [-0.25, -0.2) is 0 Å². The second-order valence-electron chi connectivity index (χ2n) is 4.46. The SMILES string of the molecule is CCOC(=O)[C@H]1Cc2cc(Cl)c(Cl)cc2[C@H](N)C1.Cl. The van der Waals surface area contributed by atoms with Crippen molar-refractivity contribution < 1.29 is 9.53 Å². The van der Waals surface area contributed by atoms with Gasteiger partial charge in [-0.15, -0.1) is 12.4 Å². The minimum atomic E-state index is -0.196. The van der Waals surface area contributed by atoms with Crippen molar-refractivity contribution in [2.24, 2.45) is 11.7 Å². The van der Waals surface area contributed by atoms with Crippen molar-refractivity contribution in [3.05, 3.63) is 33.3 Å². The highest BCUT2D eigenvalue weighted by Gasteiger charge is 2.30. The summed E-state index contributed by atoms with van der Waals surface area (Å²) in [6.45, 7) is 2.18. The number of rotatable bonds is 2. The predicted octanol–water partition coefficient (Wildman–Crippen LogP) is 3.54. The number of nitrogens with two attached hydrogens (primary N) is 1. The van der Waals surface area contributed by atoms with Crippen LogP contribution in [0.3, 0.4) is 0 Å². The molecule has 0 fully saturated rings. The molecule has 19 heavy (non-hydrogen) atoms. The lowest BCUT2D eigenvalue weighted by Crippen LogP contribution is -2.30. The predicted molar refractivity (Wildman–Crippen MR) is 79.1 cm³/mol. The Bertz CT molecular complexity index is 479. The van der Waals surface area contributed by atoms with E-state index in [2.05, 4.69) is 0 Å². The van der Waals surface area contributed by atoms with Gasteiger partial charge in [0, 0.05) is 6.04 Å². The molecule has 2 atom stereocenters. The van der Waals surface area contributed by atoms with Gasteiger partial charge in [0.1, 0.15) is 0 Å². The van der Waals surface area contributed by atoms with E-state index in [-0.39, 0.29) is 30.3 Å². The van der Waals surface area contributed by atoms with Gasteiger partial charge < -0.3 is 10.5 Å². The van der Waals surface area contributed by atoms with Gasteiger partial charge >= 0.3 is 5.97 Å². The molecule has 1 aliphatic carbocycles. The van der Waals surface area contributed by atoms with Crippen LogP contribution in [0.4, 0.5) is 0 Å². The molecule has 0 spiro atoms. The molecule has 6 heteroatoms. The van der Waals surface area contributed by atoms with Crippen LogP contribution in [-0.4, -0.2) is 12.6 Å². The fourth-order valence-corrected chi connectivity index (χ4v) is 2.71. The number of benzene rings is 1. The molecule has 1 aromatic rings. The zero-order valence-electron chi connectivity index (χ0n) is 10.5. The number of carbonyl (C=O) groups is 1. The lowest BCUT2D eigenvalue weighted by Gasteiger charge is -2.28. The monoisotopic (exact) mass is 323 g/mol. The normalized spacial score (nSPS) is 21.3. The van der Waals surface area contributed by atoms with E-state index in [1.165, 1.54) is 0 Å². The number of hydrogen-bond donors (Lipinski definition) is 1. The molecule has 0 unspecified atom stereocenters. The minimum Gasteiger partial charge on any atom is -0.466 e. The van der Waals surface area contributed by atoms with E-state index in [9.17, 15) is 4.79 Å². The molecule has 1 aliphatic rings. The van der Waals surface area contributed by atoms with Crippen LogP contribution in [0, 0.1) is 5.92 Å². The van der Waals surface area contributed by atoms with E-state index in [0.29, 0.717) is 29.5 Å². The van der Waals surface area contributed by atoms with Gasteiger partial charge in [-0.1, -0.05) is 23.2 Å². The number of esters is 1. The summed E-state index contributed by atoms with van der Waals surface area (Å²) in [4.78, 5) is 11.8. The molecule has 0 saturated carbocycles. The Morgan fingerprint density at radius 1 is 1.42 bits per heavy atom. The molecule has 0 saturated heterocycles. The lowest BCUT2D eigenvalue weighted by molar-refractivity contribution is -0.148. The molecule has 0 heterocycles. The van der Waals surface area contributed by atoms with E-state index in [1.54, 1.807) is 19.1 Å². The summed E-state index contributed by atoms with van der Waals surface area (Å²) in [5.74, 6) is -0.380. The van der Waals surface area contributed by atoms with Crippen LogP contribution < -0.4 is 5.73 Å². The van der Waals surface area contributed by atoms with Crippen molar-refractivity contribution in [2.75, 3.05) is 6.61 Å². The van der Waals surface area contributed by atoms with Crippen LogP contribution in [0.5, 0.6) is 0 Å². The summed E-state index contributed by atoms with van der Waals surface area (Å²) in [7, 11) is 0. The van der Waals surface area contributed by atoms with Crippen molar-refractivity contribution in [2.45, 2.75) is 25.8 Å². The maximum absolute atomic E-state index is 11.8. The van der Waals surface area contributed by atoms with E-state index < -0.39 is 0 Å². The number of ether oxygens (including phenoxy) is 1. The van der Waals surface area contributed by atoms with E-state index >= 15 is 0 Å². The summed E-state index contributed by atoms with van der Waals surface area (Å²) in [6, 6.07) is 3.40. The summed E-state index contributed by atoms with van der Waals surface area (Å²) in [6.07, 6.45) is 1.20. The van der Waals surface area contributed by atoms with Gasteiger partial charge in [0.2, 0.25) is 0 Å². The Morgan fingerprint density at radius 2 is 2.05 bits per heavy atom. The van der Waals surface area contributed by atoms with Crippen molar-refractivity contribution in [3.63, 3.8) is 0 Å². The average Bonchev–Trinajstić information content (AvgIpc) is 2.32. The molecule has 0 radical (unpaired) electrons. The molecule has 1 aromatic carbocycles. The Balaban J connectivity index is 0.00000180. The molecule has 0 bridgehead atoms. The summed E-state index contributed by atoms with van der Waals surface area (Å²) < 4.78 is 5.05. The molecular weight excluding hydrogens is 309 g/mol.